The lowest BCUT2D eigenvalue weighted by Gasteiger charge is -2.27. The van der Waals surface area contributed by atoms with Crippen molar-refractivity contribution < 1.29 is 28.5 Å². The maximum absolute atomic E-state index is 11.0. The van der Waals surface area contributed by atoms with E-state index in [2.05, 4.69) is 0 Å². The quantitative estimate of drug-likeness (QED) is 0.616. The molecular formula is C11H20O6. The third-order valence-electron chi connectivity index (χ3n) is 2.73. The van der Waals surface area contributed by atoms with E-state index in [1.165, 1.54) is 6.92 Å². The molecule has 1 heterocycles. The number of carbonyl (C=O) groups is 1. The van der Waals surface area contributed by atoms with Gasteiger partial charge in [0.25, 0.3) is 0 Å². The van der Waals surface area contributed by atoms with Crippen molar-refractivity contribution in [1.82, 2.24) is 0 Å². The highest BCUT2D eigenvalue weighted by molar-refractivity contribution is 5.66. The molecule has 0 aromatic carbocycles. The van der Waals surface area contributed by atoms with Gasteiger partial charge in [-0.15, -0.1) is 0 Å². The van der Waals surface area contributed by atoms with E-state index in [1.54, 1.807) is 21.3 Å². The molecular weight excluding hydrogens is 228 g/mol. The van der Waals surface area contributed by atoms with Crippen molar-refractivity contribution in [2.24, 2.45) is 0 Å². The van der Waals surface area contributed by atoms with Crippen molar-refractivity contribution in [1.29, 1.82) is 0 Å². The van der Waals surface area contributed by atoms with E-state index in [0.29, 0.717) is 6.61 Å². The molecule has 6 nitrogen and oxygen atoms in total. The van der Waals surface area contributed by atoms with Crippen LogP contribution in [0.5, 0.6) is 0 Å². The normalized spacial score (nSPS) is 30.2. The van der Waals surface area contributed by atoms with E-state index < -0.39 is 6.10 Å². The SMILES string of the molecule is COC[C@@H](OC(C)=O)[C@H]1OC[C@H](OC)[C@H]1OC. The van der Waals surface area contributed by atoms with Gasteiger partial charge in [0.1, 0.15) is 18.3 Å². The summed E-state index contributed by atoms with van der Waals surface area (Å²) in [5, 5.41) is 0. The molecule has 0 aromatic rings. The zero-order valence-corrected chi connectivity index (χ0v) is 10.7. The molecule has 0 amide bonds. The Labute approximate surface area is 101 Å². The highest BCUT2D eigenvalue weighted by atomic mass is 16.6. The van der Waals surface area contributed by atoms with Gasteiger partial charge in [-0.1, -0.05) is 0 Å². The molecule has 0 radical (unpaired) electrons. The van der Waals surface area contributed by atoms with Crippen molar-refractivity contribution in [2.75, 3.05) is 34.5 Å². The molecule has 1 saturated heterocycles. The van der Waals surface area contributed by atoms with Gasteiger partial charge in [-0.05, 0) is 0 Å². The Morgan fingerprint density at radius 3 is 2.53 bits per heavy atom. The zero-order chi connectivity index (χ0) is 12.8. The van der Waals surface area contributed by atoms with Crippen molar-refractivity contribution in [3.8, 4) is 0 Å². The third-order valence-corrected chi connectivity index (χ3v) is 2.73. The number of hydrogen-bond donors (Lipinski definition) is 0. The van der Waals surface area contributed by atoms with Gasteiger partial charge < -0.3 is 23.7 Å². The highest BCUT2D eigenvalue weighted by Gasteiger charge is 2.43. The van der Waals surface area contributed by atoms with Crippen LogP contribution in [-0.2, 0) is 28.5 Å². The topological polar surface area (TPSA) is 63.2 Å². The first kappa shape index (κ1) is 14.4. The number of hydrogen-bond acceptors (Lipinski definition) is 6. The van der Waals surface area contributed by atoms with Crippen LogP contribution in [0.3, 0.4) is 0 Å². The number of ether oxygens (including phenoxy) is 5. The van der Waals surface area contributed by atoms with Crippen LogP contribution in [0.1, 0.15) is 6.92 Å². The standard InChI is InChI=1S/C11H20O6/c1-7(12)17-9(5-13-2)11-10(15-4)8(14-3)6-16-11/h8-11H,5-6H2,1-4H3/t8-,9+,10+,11+/m0/s1. The Hall–Kier alpha value is -0.690. The largest absolute Gasteiger partial charge is 0.457 e. The van der Waals surface area contributed by atoms with Crippen molar-refractivity contribution in [2.45, 2.75) is 31.3 Å². The third kappa shape index (κ3) is 3.64. The monoisotopic (exact) mass is 248 g/mol. The lowest BCUT2D eigenvalue weighted by molar-refractivity contribution is -0.162. The fraction of sp³-hybridized carbons (Fsp3) is 0.909. The Morgan fingerprint density at radius 1 is 1.35 bits per heavy atom. The van der Waals surface area contributed by atoms with Crippen molar-refractivity contribution >= 4 is 5.97 Å². The van der Waals surface area contributed by atoms with Crippen LogP contribution >= 0.6 is 0 Å². The summed E-state index contributed by atoms with van der Waals surface area (Å²) in [5.41, 5.74) is 0. The van der Waals surface area contributed by atoms with Crippen LogP contribution in [0.25, 0.3) is 0 Å². The van der Waals surface area contributed by atoms with Crippen LogP contribution in [0.4, 0.5) is 0 Å². The molecule has 4 atom stereocenters. The molecule has 1 aliphatic rings. The minimum atomic E-state index is -0.484. The van der Waals surface area contributed by atoms with Crippen LogP contribution < -0.4 is 0 Å². The van der Waals surface area contributed by atoms with E-state index in [1.807, 2.05) is 0 Å². The summed E-state index contributed by atoms with van der Waals surface area (Å²) in [7, 11) is 4.72. The van der Waals surface area contributed by atoms with Gasteiger partial charge >= 0.3 is 5.97 Å². The summed E-state index contributed by atoms with van der Waals surface area (Å²) in [5.74, 6) is -0.369. The van der Waals surface area contributed by atoms with Gasteiger partial charge in [-0.2, -0.15) is 0 Å². The molecule has 0 spiro atoms. The van der Waals surface area contributed by atoms with E-state index in [9.17, 15) is 4.79 Å². The summed E-state index contributed by atoms with van der Waals surface area (Å²) >= 11 is 0. The summed E-state index contributed by atoms with van der Waals surface area (Å²) < 4.78 is 26.4. The zero-order valence-electron chi connectivity index (χ0n) is 10.7. The summed E-state index contributed by atoms with van der Waals surface area (Å²) in [6.45, 7) is 2.04. The summed E-state index contributed by atoms with van der Waals surface area (Å²) in [4.78, 5) is 11.0. The summed E-state index contributed by atoms with van der Waals surface area (Å²) in [6.07, 6.45) is -1.27. The van der Waals surface area contributed by atoms with Crippen LogP contribution in [0, 0.1) is 0 Å². The second-order valence-corrected chi connectivity index (χ2v) is 3.88. The first-order chi connectivity index (χ1) is 8.13. The van der Waals surface area contributed by atoms with E-state index in [-0.39, 0.29) is 30.9 Å². The molecule has 6 heteroatoms. The fourth-order valence-electron chi connectivity index (χ4n) is 1.99. The first-order valence-electron chi connectivity index (χ1n) is 5.47. The maximum atomic E-state index is 11.0. The predicted octanol–water partition coefficient (Wildman–Crippen LogP) is -0.00670. The fourth-order valence-corrected chi connectivity index (χ4v) is 1.99. The molecule has 0 aliphatic carbocycles. The number of carbonyl (C=O) groups excluding carboxylic acids is 1. The van der Waals surface area contributed by atoms with Crippen LogP contribution in [0.2, 0.25) is 0 Å². The lowest BCUT2D eigenvalue weighted by Crippen LogP contribution is -2.44. The average Bonchev–Trinajstić information content (AvgIpc) is 2.70. The van der Waals surface area contributed by atoms with Crippen molar-refractivity contribution in [3.63, 3.8) is 0 Å². The van der Waals surface area contributed by atoms with Gasteiger partial charge in [0, 0.05) is 28.3 Å². The molecule has 0 bridgehead atoms. The van der Waals surface area contributed by atoms with E-state index in [0.717, 1.165) is 0 Å². The molecule has 1 aliphatic heterocycles. The molecule has 100 valence electrons. The first-order valence-corrected chi connectivity index (χ1v) is 5.47. The number of esters is 1. The molecule has 17 heavy (non-hydrogen) atoms. The van der Waals surface area contributed by atoms with Gasteiger partial charge in [-0.25, -0.2) is 0 Å². The molecule has 0 aromatic heterocycles. The smallest absolute Gasteiger partial charge is 0.303 e. The second-order valence-electron chi connectivity index (χ2n) is 3.88. The maximum Gasteiger partial charge on any atom is 0.303 e. The van der Waals surface area contributed by atoms with Gasteiger partial charge in [0.2, 0.25) is 0 Å². The van der Waals surface area contributed by atoms with Crippen LogP contribution in [0.15, 0.2) is 0 Å². The lowest BCUT2D eigenvalue weighted by atomic mass is 10.1. The molecule has 0 saturated carbocycles. The van der Waals surface area contributed by atoms with E-state index >= 15 is 0 Å². The molecule has 0 N–H and O–H groups in total. The summed E-state index contributed by atoms with van der Waals surface area (Å²) in [6, 6.07) is 0. The Balaban J connectivity index is 2.68. The van der Waals surface area contributed by atoms with E-state index in [4.69, 9.17) is 23.7 Å². The van der Waals surface area contributed by atoms with Gasteiger partial charge in [0.15, 0.2) is 6.10 Å². The minimum Gasteiger partial charge on any atom is -0.457 e. The van der Waals surface area contributed by atoms with Gasteiger partial charge in [-0.3, -0.25) is 4.79 Å². The average molecular weight is 248 g/mol. The Kier molecular flexibility index (Phi) is 5.84. The number of methoxy groups -OCH3 is 3. The number of rotatable bonds is 6. The predicted molar refractivity (Wildman–Crippen MR) is 58.8 cm³/mol. The Bertz CT molecular complexity index is 244. The molecule has 1 fully saturated rings. The second kappa shape index (κ2) is 6.90. The Morgan fingerprint density at radius 2 is 2.06 bits per heavy atom. The molecule has 1 rings (SSSR count). The van der Waals surface area contributed by atoms with Crippen LogP contribution in [-0.4, -0.2) is 64.9 Å². The minimum absolute atomic E-state index is 0.153. The highest BCUT2D eigenvalue weighted by Crippen LogP contribution is 2.24. The molecule has 0 unspecified atom stereocenters. The van der Waals surface area contributed by atoms with Crippen molar-refractivity contribution in [3.05, 3.63) is 0 Å². The van der Waals surface area contributed by atoms with Gasteiger partial charge in [0.05, 0.1) is 13.2 Å².